The first kappa shape index (κ1) is 23.9. The number of carbonyl (C=O) groups excluding carboxylic acids is 2. The van der Waals surface area contributed by atoms with Gasteiger partial charge in [-0.15, -0.1) is 11.6 Å². The number of carbonyl (C=O) groups is 2. The van der Waals surface area contributed by atoms with Crippen molar-refractivity contribution in [3.63, 3.8) is 0 Å². The molecule has 7 heteroatoms. The quantitative estimate of drug-likeness (QED) is 0.210. The highest BCUT2D eigenvalue weighted by atomic mass is 35.5. The molecule has 2 fully saturated rings. The highest BCUT2D eigenvalue weighted by Crippen LogP contribution is 2.44. The van der Waals surface area contributed by atoms with Crippen LogP contribution in [0.4, 0.5) is 0 Å². The Balaban J connectivity index is 1.21. The molecular formula is C28H31ClN2O4. The second-order valence-electron chi connectivity index (χ2n) is 9.78. The zero-order valence-electron chi connectivity index (χ0n) is 20.0. The van der Waals surface area contributed by atoms with Crippen LogP contribution in [0.1, 0.15) is 78.9 Å². The number of esters is 1. The predicted octanol–water partition coefficient (Wildman–Crippen LogP) is 5.92. The van der Waals surface area contributed by atoms with Crippen LogP contribution >= 0.6 is 11.6 Å². The molecule has 1 aromatic carbocycles. The fourth-order valence-corrected chi connectivity index (χ4v) is 5.36. The maximum Gasteiger partial charge on any atom is 0.302 e. The van der Waals surface area contributed by atoms with Crippen LogP contribution in [0.5, 0.6) is 5.75 Å². The molecule has 184 valence electrons. The van der Waals surface area contributed by atoms with Crippen molar-refractivity contribution in [1.82, 2.24) is 9.38 Å². The first-order valence-corrected chi connectivity index (χ1v) is 13.0. The van der Waals surface area contributed by atoms with E-state index in [4.69, 9.17) is 21.1 Å². The number of nitrogens with zero attached hydrogens (tertiary/aromatic N) is 2. The molecule has 2 saturated carbocycles. The molecule has 2 aliphatic rings. The Morgan fingerprint density at radius 1 is 1.03 bits per heavy atom. The number of pyridine rings is 1. The van der Waals surface area contributed by atoms with Crippen LogP contribution in [0, 0.1) is 5.92 Å². The zero-order valence-corrected chi connectivity index (χ0v) is 20.7. The average molecular weight is 495 g/mol. The van der Waals surface area contributed by atoms with E-state index in [1.54, 1.807) is 6.33 Å². The van der Waals surface area contributed by atoms with Gasteiger partial charge in [0.2, 0.25) is 0 Å². The summed E-state index contributed by atoms with van der Waals surface area (Å²) in [6.45, 7) is 1.50. The number of imidazole rings is 1. The SMILES string of the molecule is CC(=O)OCC(CCl)Oc1ccc(C2CCC(C(=O)c3c(C4CC4)ccc4cncn34)CC2)cc1. The van der Waals surface area contributed by atoms with Gasteiger partial charge in [0.1, 0.15) is 18.5 Å². The number of fused-ring (bicyclic) bond motifs is 1. The summed E-state index contributed by atoms with van der Waals surface area (Å²) in [4.78, 5) is 29.0. The summed E-state index contributed by atoms with van der Waals surface area (Å²) in [5.41, 5.74) is 4.30. The minimum atomic E-state index is -0.381. The number of benzene rings is 1. The Kier molecular flexibility index (Phi) is 7.09. The third kappa shape index (κ3) is 5.37. The van der Waals surface area contributed by atoms with E-state index in [-0.39, 0.29) is 36.3 Å². The summed E-state index contributed by atoms with van der Waals surface area (Å²) >= 11 is 5.94. The zero-order chi connectivity index (χ0) is 24.4. The van der Waals surface area contributed by atoms with Crippen molar-refractivity contribution in [2.45, 2.75) is 63.4 Å². The van der Waals surface area contributed by atoms with Crippen molar-refractivity contribution in [2.24, 2.45) is 5.92 Å². The summed E-state index contributed by atoms with van der Waals surface area (Å²) in [6.07, 6.45) is 9.34. The van der Waals surface area contributed by atoms with Crippen LogP contribution in [-0.2, 0) is 9.53 Å². The van der Waals surface area contributed by atoms with Gasteiger partial charge in [-0.05, 0) is 79.7 Å². The molecule has 0 bridgehead atoms. The van der Waals surface area contributed by atoms with Gasteiger partial charge >= 0.3 is 5.97 Å². The fraction of sp³-hybridized carbons (Fsp3) is 0.464. The highest BCUT2D eigenvalue weighted by Gasteiger charge is 2.34. The second-order valence-corrected chi connectivity index (χ2v) is 10.1. The smallest absolute Gasteiger partial charge is 0.302 e. The van der Waals surface area contributed by atoms with Crippen molar-refractivity contribution in [3.05, 3.63) is 65.7 Å². The summed E-state index contributed by atoms with van der Waals surface area (Å²) in [6, 6.07) is 12.3. The first-order chi connectivity index (χ1) is 17.0. The van der Waals surface area contributed by atoms with Crippen molar-refractivity contribution in [1.29, 1.82) is 0 Å². The van der Waals surface area contributed by atoms with Gasteiger partial charge in [0.15, 0.2) is 5.78 Å². The lowest BCUT2D eigenvalue weighted by Gasteiger charge is -2.29. The van der Waals surface area contributed by atoms with Gasteiger partial charge in [0, 0.05) is 12.8 Å². The molecule has 0 N–H and O–H groups in total. The third-order valence-corrected chi connectivity index (χ3v) is 7.61. The minimum Gasteiger partial charge on any atom is -0.486 e. The van der Waals surface area contributed by atoms with Crippen LogP contribution < -0.4 is 4.74 Å². The number of ether oxygens (including phenoxy) is 2. The Morgan fingerprint density at radius 3 is 2.40 bits per heavy atom. The van der Waals surface area contributed by atoms with Gasteiger partial charge in [-0.1, -0.05) is 18.2 Å². The molecule has 2 heterocycles. The van der Waals surface area contributed by atoms with Gasteiger partial charge in [0.05, 0.1) is 29.6 Å². The largest absolute Gasteiger partial charge is 0.486 e. The lowest BCUT2D eigenvalue weighted by molar-refractivity contribution is -0.143. The van der Waals surface area contributed by atoms with Crippen LogP contribution in [0.3, 0.4) is 0 Å². The standard InChI is InChI=1S/C28H31ClN2O4/c1-18(32)34-16-25(14-29)35-24-11-8-20(9-12-24)19-2-6-22(7-3-19)28(33)27-26(21-4-5-21)13-10-23-15-30-17-31(23)27/h8-13,15,17,19,21-22,25H,2-7,14,16H2,1H3. The molecule has 35 heavy (non-hydrogen) atoms. The molecule has 0 spiro atoms. The van der Waals surface area contributed by atoms with Crippen molar-refractivity contribution < 1.29 is 19.1 Å². The second kappa shape index (κ2) is 10.4. The molecule has 0 radical (unpaired) electrons. The first-order valence-electron chi connectivity index (χ1n) is 12.5. The molecule has 0 aliphatic heterocycles. The summed E-state index contributed by atoms with van der Waals surface area (Å²) in [7, 11) is 0. The van der Waals surface area contributed by atoms with Crippen molar-refractivity contribution in [3.8, 4) is 5.75 Å². The number of ketones is 1. The van der Waals surface area contributed by atoms with Crippen LogP contribution in [0.15, 0.2) is 48.9 Å². The van der Waals surface area contributed by atoms with Gasteiger partial charge in [-0.25, -0.2) is 4.98 Å². The monoisotopic (exact) mass is 494 g/mol. The normalized spacial score (nSPS) is 21.0. The van der Waals surface area contributed by atoms with Crippen LogP contribution in [0.2, 0.25) is 0 Å². The molecule has 0 saturated heterocycles. The summed E-state index contributed by atoms with van der Waals surface area (Å²) in [5, 5.41) is 0. The number of Topliss-reactive ketones (excluding diaryl/α,β-unsaturated/α-hetero) is 1. The van der Waals surface area contributed by atoms with E-state index >= 15 is 0 Å². The number of hydrogen-bond acceptors (Lipinski definition) is 5. The number of hydrogen-bond donors (Lipinski definition) is 0. The summed E-state index contributed by atoms with van der Waals surface area (Å²) < 4.78 is 12.9. The Morgan fingerprint density at radius 2 is 1.74 bits per heavy atom. The Labute approximate surface area is 210 Å². The third-order valence-electron chi connectivity index (χ3n) is 7.26. The summed E-state index contributed by atoms with van der Waals surface area (Å²) in [5.74, 6) is 1.88. The maximum absolute atomic E-state index is 13.7. The highest BCUT2D eigenvalue weighted by molar-refractivity contribution is 6.18. The molecular weight excluding hydrogens is 464 g/mol. The predicted molar refractivity (Wildman–Crippen MR) is 134 cm³/mol. The van der Waals surface area contributed by atoms with Crippen molar-refractivity contribution in [2.75, 3.05) is 12.5 Å². The van der Waals surface area contributed by atoms with E-state index < -0.39 is 0 Å². The van der Waals surface area contributed by atoms with E-state index in [0.29, 0.717) is 17.6 Å². The van der Waals surface area contributed by atoms with Crippen LogP contribution in [-0.4, -0.2) is 39.7 Å². The van der Waals surface area contributed by atoms with E-state index in [1.807, 2.05) is 22.7 Å². The van der Waals surface area contributed by atoms with Crippen LogP contribution in [0.25, 0.3) is 5.52 Å². The molecule has 6 nitrogen and oxygen atoms in total. The Bertz CT molecular complexity index is 1190. The lowest BCUT2D eigenvalue weighted by atomic mass is 9.76. The van der Waals surface area contributed by atoms with Gasteiger partial charge in [-0.3, -0.25) is 14.0 Å². The fourth-order valence-electron chi connectivity index (χ4n) is 5.21. The van der Waals surface area contributed by atoms with Gasteiger partial charge < -0.3 is 9.47 Å². The average Bonchev–Trinajstić information content (AvgIpc) is 3.62. The number of rotatable bonds is 9. The van der Waals surface area contributed by atoms with E-state index in [9.17, 15) is 9.59 Å². The molecule has 3 aromatic rings. The lowest BCUT2D eigenvalue weighted by Crippen LogP contribution is -2.26. The molecule has 2 aromatic heterocycles. The van der Waals surface area contributed by atoms with E-state index in [2.05, 4.69) is 29.2 Å². The Hall–Kier alpha value is -2.86. The van der Waals surface area contributed by atoms with E-state index in [1.165, 1.54) is 30.9 Å². The molecule has 2 aliphatic carbocycles. The number of aromatic nitrogens is 2. The van der Waals surface area contributed by atoms with E-state index in [0.717, 1.165) is 36.9 Å². The minimum absolute atomic E-state index is 0.0603. The maximum atomic E-state index is 13.7. The topological polar surface area (TPSA) is 69.9 Å². The molecule has 1 unspecified atom stereocenters. The van der Waals surface area contributed by atoms with Gasteiger partial charge in [-0.2, -0.15) is 0 Å². The molecule has 0 amide bonds. The number of halogens is 1. The van der Waals surface area contributed by atoms with Crippen molar-refractivity contribution >= 4 is 28.9 Å². The number of alkyl halides is 1. The molecule has 5 rings (SSSR count). The molecule has 1 atom stereocenters. The van der Waals surface area contributed by atoms with Gasteiger partial charge in [0.25, 0.3) is 0 Å².